The van der Waals surface area contributed by atoms with Gasteiger partial charge in [0.25, 0.3) is 0 Å². The summed E-state index contributed by atoms with van der Waals surface area (Å²) in [6.45, 7) is 10.5. The van der Waals surface area contributed by atoms with Crippen LogP contribution in [-0.2, 0) is 39.9 Å². The second-order valence-electron chi connectivity index (χ2n) is 29.2. The SMILES string of the molecule is CN(C)CCCNc1ncc2c(n1)-c1ccccc1C(c1ccc(Cl)cc1)C2.COCCCNc1ncc2c(n1)-c1ccccc1C(c1ccc(F)cc1)C2.COCCCNc1ncc2c(n1)-c1ccccc1C(c1ccccc1F)C2.Clc1ccccc1C1Cc2cnc(NCCCN3CCOCC3)nc2-c2ccccc21. The molecule has 0 saturated carbocycles. The molecule has 0 radical (unpaired) electrons. The summed E-state index contributed by atoms with van der Waals surface area (Å²) in [6, 6.07) is 63.7. The van der Waals surface area contributed by atoms with Crippen LogP contribution in [0.5, 0.6) is 0 Å². The van der Waals surface area contributed by atoms with E-state index in [1.165, 1.54) is 62.7 Å². The van der Waals surface area contributed by atoms with Gasteiger partial charge < -0.3 is 40.4 Å². The van der Waals surface area contributed by atoms with Gasteiger partial charge in [0.2, 0.25) is 23.8 Å². The first-order valence-electron chi connectivity index (χ1n) is 39.1. The highest BCUT2D eigenvalue weighted by molar-refractivity contribution is 6.31. The maximum Gasteiger partial charge on any atom is 0.223 e. The molecular formula is C92H96Cl2F2N14O3. The van der Waals surface area contributed by atoms with Crippen LogP contribution in [0.25, 0.3) is 45.0 Å². The van der Waals surface area contributed by atoms with Gasteiger partial charge >= 0.3 is 0 Å². The third kappa shape index (κ3) is 19.8. The van der Waals surface area contributed by atoms with E-state index in [2.05, 4.69) is 162 Å². The highest BCUT2D eigenvalue weighted by Crippen LogP contribution is 2.47. The number of hydrogen-bond acceptors (Lipinski definition) is 17. The number of aromatic nitrogens is 8. The van der Waals surface area contributed by atoms with Gasteiger partial charge in [0.15, 0.2) is 0 Å². The van der Waals surface area contributed by atoms with Gasteiger partial charge in [-0.25, -0.2) is 48.7 Å². The first-order valence-corrected chi connectivity index (χ1v) is 39.9. The maximum absolute atomic E-state index is 14.5. The second kappa shape index (κ2) is 38.8. The third-order valence-corrected chi connectivity index (χ3v) is 21.9. The molecule has 8 aromatic carbocycles. The molecule has 580 valence electrons. The Labute approximate surface area is 671 Å². The fourth-order valence-corrected chi connectivity index (χ4v) is 16.1. The summed E-state index contributed by atoms with van der Waals surface area (Å²) >= 11 is 12.6. The molecule has 0 spiro atoms. The number of ether oxygens (including phenoxy) is 3. The van der Waals surface area contributed by atoms with Gasteiger partial charge in [0, 0.05) is 147 Å². The second-order valence-corrected chi connectivity index (χ2v) is 30.0. The summed E-state index contributed by atoms with van der Waals surface area (Å²) in [5.41, 5.74) is 22.2. The molecule has 12 aromatic rings. The summed E-state index contributed by atoms with van der Waals surface area (Å²) in [5.74, 6) is 2.94. The van der Waals surface area contributed by atoms with E-state index in [1.54, 1.807) is 20.3 Å². The van der Waals surface area contributed by atoms with Gasteiger partial charge in [-0.15, -0.1) is 0 Å². The van der Waals surface area contributed by atoms with Crippen LogP contribution in [0.2, 0.25) is 10.0 Å². The Bertz CT molecular complexity index is 5150. The highest BCUT2D eigenvalue weighted by Gasteiger charge is 2.33. The molecule has 5 aliphatic rings. The lowest BCUT2D eigenvalue weighted by Gasteiger charge is -2.28. The molecule has 0 bridgehead atoms. The summed E-state index contributed by atoms with van der Waals surface area (Å²) < 4.78 is 43.4. The van der Waals surface area contributed by atoms with Crippen LogP contribution in [0.1, 0.15) is 116 Å². The van der Waals surface area contributed by atoms with Crippen molar-refractivity contribution in [2.75, 3.05) is 128 Å². The van der Waals surface area contributed by atoms with E-state index in [0.717, 1.165) is 188 Å². The zero-order valence-electron chi connectivity index (χ0n) is 64.4. The van der Waals surface area contributed by atoms with Gasteiger partial charge in [0.05, 0.1) is 36.0 Å². The molecule has 113 heavy (non-hydrogen) atoms. The maximum atomic E-state index is 14.5. The third-order valence-electron chi connectivity index (χ3n) is 21.3. The van der Waals surface area contributed by atoms with E-state index in [4.69, 9.17) is 57.3 Å². The van der Waals surface area contributed by atoms with Gasteiger partial charge in [-0.3, -0.25) is 4.90 Å². The van der Waals surface area contributed by atoms with Crippen LogP contribution in [0, 0.1) is 11.6 Å². The van der Waals surface area contributed by atoms with Gasteiger partial charge in [-0.1, -0.05) is 181 Å². The molecule has 17 nitrogen and oxygen atoms in total. The van der Waals surface area contributed by atoms with Crippen molar-refractivity contribution in [3.8, 4) is 45.0 Å². The molecule has 4 unspecified atom stereocenters. The molecule has 1 aliphatic heterocycles. The highest BCUT2D eigenvalue weighted by atomic mass is 35.5. The number of halogens is 4. The smallest absolute Gasteiger partial charge is 0.223 e. The molecule has 17 rings (SSSR count). The van der Waals surface area contributed by atoms with Gasteiger partial charge in [0.1, 0.15) is 11.6 Å². The lowest BCUT2D eigenvalue weighted by Crippen LogP contribution is -2.37. The van der Waals surface area contributed by atoms with Crippen LogP contribution in [0.3, 0.4) is 0 Å². The van der Waals surface area contributed by atoms with Gasteiger partial charge in [-0.05, 0) is 182 Å². The Hall–Kier alpha value is -10.5. The summed E-state index contributed by atoms with van der Waals surface area (Å²) in [5, 5.41) is 14.9. The predicted molar refractivity (Wildman–Crippen MR) is 450 cm³/mol. The molecule has 4 atom stereocenters. The van der Waals surface area contributed by atoms with Crippen LogP contribution in [0.15, 0.2) is 219 Å². The lowest BCUT2D eigenvalue weighted by atomic mass is 9.78. The van der Waals surface area contributed by atoms with E-state index >= 15 is 0 Å². The summed E-state index contributed by atoms with van der Waals surface area (Å²) in [4.78, 5) is 42.0. The van der Waals surface area contributed by atoms with Crippen LogP contribution in [0.4, 0.5) is 32.6 Å². The standard InChI is InChI=1S/C25H27ClN4O.C23H25ClN4.2C22H22FN3O/c26-23-9-4-3-7-20(23)22-16-18-17-28-25(27-10-5-11-30-12-14-31-15-13-30)29-24(18)21-8-2-1-6-19(21)22;1-28(2)13-5-12-25-23-26-15-17-14-21(16-8-10-18(24)11-9-16)19-6-3-4-7-20(19)22(17)27-23;1-27-12-6-11-24-22-25-14-15-13-19(17-8-4-5-10-20(17)23)16-7-2-3-9-18(16)21(15)26-22;1-27-12-4-11-24-22-25-14-16-13-20(15-7-9-17(23)10-8-15)18-5-2-3-6-19(18)21(16)26-22/h1-4,6-9,17,22H,5,10-16H2,(H,27,28,29);3-4,6-11,15,21H,5,12-14H2,1-2H3,(H,25,26,27);2-5,7-10,14,19H,6,11-13H2,1H3,(H,24,25,26);2-3,5-10,14,20H,4,11-13H2,1H3,(H,24,25,26). The average molecular weight is 1550 g/mol. The topological polar surface area (TPSA) is 185 Å². The molecule has 0 amide bonds. The largest absolute Gasteiger partial charge is 0.385 e. The van der Waals surface area contributed by atoms with Crippen molar-refractivity contribution in [1.82, 2.24) is 49.7 Å². The fraction of sp³-hybridized carbons (Fsp3) is 0.304. The molecule has 4 aliphatic carbocycles. The molecule has 1 saturated heterocycles. The Kier molecular flexibility index (Phi) is 27.2. The fourth-order valence-electron chi connectivity index (χ4n) is 15.7. The molecule has 21 heteroatoms. The quantitative estimate of drug-likeness (QED) is 0.0418. The number of nitrogens with zero attached hydrogens (tertiary/aromatic N) is 10. The molecule has 4 N–H and O–H groups in total. The normalized spacial score (nSPS) is 16.0. The van der Waals surface area contributed by atoms with Crippen molar-refractivity contribution in [3.05, 3.63) is 307 Å². The van der Waals surface area contributed by atoms with Crippen LogP contribution in [-0.4, -0.2) is 157 Å². The number of morpholine rings is 1. The number of nitrogens with one attached hydrogen (secondary N) is 4. The first kappa shape index (κ1) is 79.2. The molecule has 1 fully saturated rings. The zero-order valence-corrected chi connectivity index (χ0v) is 66.0. The van der Waals surface area contributed by atoms with Crippen molar-refractivity contribution in [1.29, 1.82) is 0 Å². The minimum Gasteiger partial charge on any atom is -0.385 e. The van der Waals surface area contributed by atoms with E-state index in [-0.39, 0.29) is 29.4 Å². The molecular weight excluding hydrogens is 1460 g/mol. The van der Waals surface area contributed by atoms with Crippen LogP contribution < -0.4 is 21.3 Å². The van der Waals surface area contributed by atoms with Crippen molar-refractivity contribution >= 4 is 47.0 Å². The van der Waals surface area contributed by atoms with E-state index in [1.807, 2.05) is 97.6 Å². The number of anilines is 4. The Morgan fingerprint density at radius 1 is 0.416 bits per heavy atom. The Morgan fingerprint density at radius 3 is 1.19 bits per heavy atom. The Balaban J connectivity index is 0.000000125. The predicted octanol–water partition coefficient (Wildman–Crippen LogP) is 18.3. The van der Waals surface area contributed by atoms with Crippen LogP contribution >= 0.6 is 23.2 Å². The van der Waals surface area contributed by atoms with Crippen molar-refractivity contribution in [2.24, 2.45) is 0 Å². The summed E-state index contributed by atoms with van der Waals surface area (Å²) in [7, 11) is 7.56. The minimum absolute atomic E-state index is 0.0287. The number of methoxy groups -OCH3 is 2. The van der Waals surface area contributed by atoms with Crippen molar-refractivity contribution in [3.63, 3.8) is 0 Å². The van der Waals surface area contributed by atoms with Gasteiger partial charge in [-0.2, -0.15) is 0 Å². The number of rotatable bonds is 24. The Morgan fingerprint density at radius 2 is 0.770 bits per heavy atom. The number of benzene rings is 8. The number of hydrogen-bond donors (Lipinski definition) is 4. The number of fused-ring (bicyclic) bond motifs is 12. The monoisotopic (exact) mass is 1550 g/mol. The molecule has 5 heterocycles. The van der Waals surface area contributed by atoms with Crippen molar-refractivity contribution < 1.29 is 23.0 Å². The first-order chi connectivity index (χ1) is 55.4. The average Bonchev–Trinajstić information content (AvgIpc) is 0.782. The van der Waals surface area contributed by atoms with E-state index < -0.39 is 0 Å². The van der Waals surface area contributed by atoms with Crippen molar-refractivity contribution in [2.45, 2.75) is 75.0 Å². The van der Waals surface area contributed by atoms with E-state index in [0.29, 0.717) is 49.3 Å². The molecule has 4 aromatic heterocycles. The van der Waals surface area contributed by atoms with E-state index in [9.17, 15) is 8.78 Å². The minimum atomic E-state index is -0.212. The summed E-state index contributed by atoms with van der Waals surface area (Å²) in [6.07, 6.45) is 14.9. The lowest BCUT2D eigenvalue weighted by molar-refractivity contribution is 0.0378. The zero-order chi connectivity index (χ0) is 77.8.